The minimum Gasteiger partial charge on any atom is -0.507 e. The summed E-state index contributed by atoms with van der Waals surface area (Å²) in [5, 5.41) is 32.5. The van der Waals surface area contributed by atoms with Gasteiger partial charge in [-0.15, -0.1) is 0 Å². The highest BCUT2D eigenvalue weighted by Crippen LogP contribution is 2.46. The van der Waals surface area contributed by atoms with Gasteiger partial charge in [-0.3, -0.25) is 14.4 Å². The van der Waals surface area contributed by atoms with Crippen molar-refractivity contribution < 1.29 is 29.3 Å². The molecule has 0 aliphatic heterocycles. The number of benzene rings is 2. The molecule has 3 aromatic rings. The number of phenolic OH excluding ortho intramolecular Hbond substituents is 2. The van der Waals surface area contributed by atoms with Crippen LogP contribution in [0.15, 0.2) is 21.3 Å². The first-order valence-corrected chi connectivity index (χ1v) is 9.36. The lowest BCUT2D eigenvalue weighted by Crippen LogP contribution is -2.22. The molecule has 0 radical (unpaired) electrons. The average molecular weight is 396 g/mol. The van der Waals surface area contributed by atoms with E-state index >= 15 is 0 Å². The fourth-order valence-electron chi connectivity index (χ4n) is 3.90. The summed E-state index contributed by atoms with van der Waals surface area (Å²) in [6.07, 6.45) is 0.147. The molecule has 150 valence electrons. The maximum Gasteiger partial charge on any atom is 0.193 e. The van der Waals surface area contributed by atoms with Crippen LogP contribution in [0.5, 0.6) is 11.5 Å². The minimum absolute atomic E-state index is 0.00316. The molecule has 29 heavy (non-hydrogen) atoms. The molecule has 7 nitrogen and oxygen atoms in total. The van der Waals surface area contributed by atoms with Gasteiger partial charge < -0.3 is 19.7 Å². The fraction of sp³-hybridized carbons (Fsp3) is 0.318. The second kappa shape index (κ2) is 6.15. The molecule has 0 unspecified atom stereocenters. The van der Waals surface area contributed by atoms with Crippen molar-refractivity contribution in [3.05, 3.63) is 44.8 Å². The second-order valence-electron chi connectivity index (χ2n) is 7.72. The molecule has 1 heterocycles. The molecule has 0 amide bonds. The van der Waals surface area contributed by atoms with E-state index in [4.69, 9.17) is 4.42 Å². The molecule has 0 fully saturated rings. The Kier molecular flexibility index (Phi) is 4.06. The van der Waals surface area contributed by atoms with Crippen molar-refractivity contribution in [1.82, 2.24) is 0 Å². The van der Waals surface area contributed by atoms with Gasteiger partial charge in [0.1, 0.15) is 28.4 Å². The Morgan fingerprint density at radius 1 is 1.00 bits per heavy atom. The third-order valence-electron chi connectivity index (χ3n) is 5.77. The van der Waals surface area contributed by atoms with Crippen LogP contribution in [0, 0.1) is 6.92 Å². The molecule has 1 aliphatic carbocycles. The maximum atomic E-state index is 12.8. The Labute approximate surface area is 165 Å². The highest BCUT2D eigenvalue weighted by atomic mass is 16.4. The van der Waals surface area contributed by atoms with Gasteiger partial charge in [-0.1, -0.05) is 6.92 Å². The molecule has 0 saturated heterocycles. The molecule has 2 aromatic carbocycles. The number of rotatable bonds is 2. The summed E-state index contributed by atoms with van der Waals surface area (Å²) in [5.74, 6) is -1.83. The molecule has 7 heteroatoms. The maximum absolute atomic E-state index is 12.8. The van der Waals surface area contributed by atoms with Crippen molar-refractivity contribution in [2.24, 2.45) is 0 Å². The lowest BCUT2D eigenvalue weighted by Gasteiger charge is -2.22. The number of Topliss-reactive ketones (excluding diaryl/α,β-unsaturated/α-hetero) is 2. The first kappa shape index (κ1) is 19.1. The quantitative estimate of drug-likeness (QED) is 0.447. The van der Waals surface area contributed by atoms with Crippen molar-refractivity contribution in [3.8, 4) is 11.5 Å². The zero-order valence-electron chi connectivity index (χ0n) is 16.3. The Balaban J connectivity index is 2.28. The van der Waals surface area contributed by atoms with Crippen LogP contribution in [0.4, 0.5) is 0 Å². The predicted octanol–water partition coefficient (Wildman–Crippen LogP) is 3.44. The van der Waals surface area contributed by atoms with E-state index < -0.39 is 34.1 Å². The molecule has 1 aliphatic rings. The molecule has 0 spiro atoms. The van der Waals surface area contributed by atoms with Gasteiger partial charge in [-0.2, -0.15) is 0 Å². The number of carbonyl (C=O) groups excluding carboxylic acids is 2. The number of hydrogen-bond donors (Lipinski definition) is 3. The summed E-state index contributed by atoms with van der Waals surface area (Å²) in [6.45, 7) is 4.86. The number of aryl methyl sites for hydroxylation is 1. The third kappa shape index (κ3) is 2.57. The van der Waals surface area contributed by atoms with Gasteiger partial charge in [-0.05, 0) is 31.9 Å². The molecule has 1 aromatic heterocycles. The van der Waals surface area contributed by atoms with Crippen LogP contribution in [-0.4, -0.2) is 26.9 Å². The van der Waals surface area contributed by atoms with Gasteiger partial charge >= 0.3 is 0 Å². The fourth-order valence-corrected chi connectivity index (χ4v) is 3.90. The van der Waals surface area contributed by atoms with E-state index in [1.54, 1.807) is 13.8 Å². The van der Waals surface area contributed by atoms with Crippen molar-refractivity contribution >= 4 is 33.3 Å². The van der Waals surface area contributed by atoms with Crippen LogP contribution >= 0.6 is 0 Å². The van der Waals surface area contributed by atoms with Crippen LogP contribution in [0.3, 0.4) is 0 Å². The second-order valence-corrected chi connectivity index (χ2v) is 7.72. The van der Waals surface area contributed by atoms with E-state index in [0.717, 1.165) is 0 Å². The zero-order chi connectivity index (χ0) is 21.2. The van der Waals surface area contributed by atoms with Crippen LogP contribution in [0.1, 0.15) is 65.1 Å². The van der Waals surface area contributed by atoms with Gasteiger partial charge in [0.05, 0.1) is 21.9 Å². The summed E-state index contributed by atoms with van der Waals surface area (Å²) in [7, 11) is 0. The predicted molar refractivity (Wildman–Crippen MR) is 106 cm³/mol. The van der Waals surface area contributed by atoms with Crippen LogP contribution < -0.4 is 5.43 Å². The summed E-state index contributed by atoms with van der Waals surface area (Å²) in [5.41, 5.74) is -1.89. The van der Waals surface area contributed by atoms with Crippen LogP contribution in [-0.2, 0) is 5.60 Å². The first-order valence-electron chi connectivity index (χ1n) is 9.36. The van der Waals surface area contributed by atoms with E-state index in [1.807, 2.05) is 0 Å². The third-order valence-corrected chi connectivity index (χ3v) is 5.77. The topological polar surface area (TPSA) is 125 Å². The van der Waals surface area contributed by atoms with E-state index in [9.17, 15) is 29.7 Å². The molecule has 3 N–H and O–H groups in total. The van der Waals surface area contributed by atoms with Gasteiger partial charge in [-0.25, -0.2) is 0 Å². The number of aliphatic hydroxyl groups is 1. The normalized spacial score (nSPS) is 16.3. The van der Waals surface area contributed by atoms with Crippen molar-refractivity contribution in [1.29, 1.82) is 0 Å². The van der Waals surface area contributed by atoms with Gasteiger partial charge in [0.15, 0.2) is 17.0 Å². The Morgan fingerprint density at radius 2 is 1.59 bits per heavy atom. The molecular formula is C22H20O7. The van der Waals surface area contributed by atoms with E-state index in [-0.39, 0.29) is 57.9 Å². The highest BCUT2D eigenvalue weighted by Gasteiger charge is 2.34. The standard InChI is InChI=1S/C22H20O7/c1-4-22(3,28)14-8-13(25)15-9(2)7-10-16(21(15)29-14)20(27)18-12(24)6-5-11(23)17(18)19(10)26/h7-8,26-28H,4-6H2,1-3H3/t22-/m0/s1. The molecule has 1 atom stereocenters. The van der Waals surface area contributed by atoms with Crippen LogP contribution in [0.25, 0.3) is 21.7 Å². The Morgan fingerprint density at radius 3 is 2.17 bits per heavy atom. The smallest absolute Gasteiger partial charge is 0.193 e. The lowest BCUT2D eigenvalue weighted by atomic mass is 9.84. The Bertz CT molecular complexity index is 1290. The van der Waals surface area contributed by atoms with Gasteiger partial charge in [0, 0.05) is 24.3 Å². The molecule has 0 bridgehead atoms. The average Bonchev–Trinajstić information content (AvgIpc) is 2.67. The molecule has 4 rings (SSSR count). The van der Waals surface area contributed by atoms with E-state index in [0.29, 0.717) is 5.56 Å². The lowest BCUT2D eigenvalue weighted by molar-refractivity contribution is 0.0306. The summed E-state index contributed by atoms with van der Waals surface area (Å²) in [4.78, 5) is 37.6. The number of aromatic hydroxyl groups is 2. The summed E-state index contributed by atoms with van der Waals surface area (Å²) < 4.78 is 5.86. The van der Waals surface area contributed by atoms with E-state index in [2.05, 4.69) is 0 Å². The number of fused-ring (bicyclic) bond motifs is 4. The van der Waals surface area contributed by atoms with Gasteiger partial charge in [0.25, 0.3) is 0 Å². The van der Waals surface area contributed by atoms with Crippen molar-refractivity contribution in [2.75, 3.05) is 0 Å². The highest BCUT2D eigenvalue weighted by molar-refractivity contribution is 6.24. The minimum atomic E-state index is -1.43. The van der Waals surface area contributed by atoms with Crippen LogP contribution in [0.2, 0.25) is 0 Å². The molecule has 0 saturated carbocycles. The number of phenols is 2. The summed E-state index contributed by atoms with van der Waals surface area (Å²) >= 11 is 0. The van der Waals surface area contributed by atoms with Crippen molar-refractivity contribution in [3.63, 3.8) is 0 Å². The SMILES string of the molecule is CC[C@](C)(O)c1cc(=O)c2c(C)cc3c(O)c4c(c(O)c3c2o1)C(=O)CCC4=O. The number of ketones is 2. The summed E-state index contributed by atoms with van der Waals surface area (Å²) in [6, 6.07) is 2.68. The number of hydrogen-bond acceptors (Lipinski definition) is 7. The monoisotopic (exact) mass is 396 g/mol. The van der Waals surface area contributed by atoms with Crippen molar-refractivity contribution in [2.45, 2.75) is 45.6 Å². The zero-order valence-corrected chi connectivity index (χ0v) is 16.3. The first-order chi connectivity index (χ1) is 13.6. The van der Waals surface area contributed by atoms with E-state index in [1.165, 1.54) is 19.1 Å². The largest absolute Gasteiger partial charge is 0.507 e. The molecular weight excluding hydrogens is 376 g/mol. The Hall–Kier alpha value is -3.19. The number of carbonyl (C=O) groups is 2. The van der Waals surface area contributed by atoms with Gasteiger partial charge in [0.2, 0.25) is 0 Å².